The zero-order valence-corrected chi connectivity index (χ0v) is 19.0. The van der Waals surface area contributed by atoms with Crippen LogP contribution in [-0.2, 0) is 28.0 Å². The van der Waals surface area contributed by atoms with Gasteiger partial charge in [-0.2, -0.15) is 43.2 Å². The van der Waals surface area contributed by atoms with Gasteiger partial charge in [0.15, 0.2) is 0 Å². The van der Waals surface area contributed by atoms with Gasteiger partial charge >= 0.3 is 31.3 Å². The average Bonchev–Trinajstić information content (AvgIpc) is 2.31. The van der Waals surface area contributed by atoms with E-state index in [0.717, 1.165) is 31.9 Å². The summed E-state index contributed by atoms with van der Waals surface area (Å²) in [7, 11) is -23.7. The van der Waals surface area contributed by atoms with Gasteiger partial charge in [0.25, 0.3) is 0 Å². The van der Waals surface area contributed by atoms with Crippen molar-refractivity contribution in [2.75, 3.05) is 0 Å². The molecule has 0 atom stereocenters. The highest BCUT2D eigenvalue weighted by Crippen LogP contribution is 2.38. The molecule has 0 N–H and O–H groups in total. The van der Waals surface area contributed by atoms with Crippen molar-refractivity contribution >= 4 is 43.0 Å². The Kier molecular flexibility index (Phi) is 6.94. The van der Waals surface area contributed by atoms with E-state index in [-0.39, 0.29) is 0 Å². The van der Waals surface area contributed by atoms with Gasteiger partial charge in [-0.3, -0.25) is 0 Å². The molecule has 0 unspecified atom stereocenters. The van der Waals surface area contributed by atoms with Gasteiger partial charge in [-0.05, 0) is 26.2 Å². The minimum absolute atomic E-state index is 1.02. The molecule has 0 aliphatic carbocycles. The van der Waals surface area contributed by atoms with Gasteiger partial charge in [0.1, 0.15) is 7.11 Å². The Hall–Kier alpha value is -0.209. The summed E-state index contributed by atoms with van der Waals surface area (Å²) in [5, 5.41) is 0. The van der Waals surface area contributed by atoms with E-state index in [1.165, 1.54) is 6.55 Å². The van der Waals surface area contributed by atoms with Gasteiger partial charge in [0.2, 0.25) is 15.7 Å². The van der Waals surface area contributed by atoms with E-state index in [9.17, 15) is 43.2 Å². The largest absolute Gasteiger partial charge is 0.522 e. The highest BCUT2D eigenvalue weighted by atomic mass is 32.2. The third kappa shape index (κ3) is 4.79. The first-order valence-corrected chi connectivity index (χ1v) is 19.9. The molecular weight excluding hydrogens is 466 g/mol. The molecule has 0 aromatic rings. The summed E-state index contributed by atoms with van der Waals surface area (Å²) >= 11 is 0. The molecule has 26 heavy (non-hydrogen) atoms. The van der Waals surface area contributed by atoms with Crippen molar-refractivity contribution < 1.29 is 50.9 Å². The lowest BCUT2D eigenvalue weighted by atomic mass is 11.3. The van der Waals surface area contributed by atoms with Gasteiger partial charge in [0, 0.05) is 0 Å². The molecular formula is C9H18F6O6S2Si3. The van der Waals surface area contributed by atoms with Crippen LogP contribution in [0.1, 0.15) is 0 Å². The van der Waals surface area contributed by atoms with Crippen LogP contribution in [0.15, 0.2) is 12.3 Å². The molecule has 0 rings (SSSR count). The first-order chi connectivity index (χ1) is 11.0. The summed E-state index contributed by atoms with van der Waals surface area (Å²) in [6.45, 7) is 8.75. The van der Waals surface area contributed by atoms with Crippen molar-refractivity contribution in [2.45, 2.75) is 43.8 Å². The average molecular weight is 485 g/mol. The molecule has 0 fully saturated rings. The first kappa shape index (κ1) is 25.8. The van der Waals surface area contributed by atoms with Gasteiger partial charge in [0.05, 0.1) is 0 Å². The molecule has 0 amide bonds. The Balaban J connectivity index is 6.22. The number of rotatable bonds is 7. The van der Waals surface area contributed by atoms with Gasteiger partial charge in [-0.1, -0.05) is 6.55 Å². The maximum absolute atomic E-state index is 12.6. The van der Waals surface area contributed by atoms with Crippen LogP contribution in [0.2, 0.25) is 32.7 Å². The summed E-state index contributed by atoms with van der Waals surface area (Å²) in [4.78, 5) is 0. The maximum atomic E-state index is 12.6. The fourth-order valence-electron chi connectivity index (χ4n) is 2.03. The Bertz CT molecular complexity index is 698. The molecule has 0 aliphatic rings. The number of alkyl halides is 6. The third-order valence-electron chi connectivity index (χ3n) is 4.11. The Morgan fingerprint density at radius 3 is 1.12 bits per heavy atom. The molecule has 0 aromatic carbocycles. The molecule has 0 aliphatic heterocycles. The standard InChI is InChI=1S/C9H18F6O6S2Si3/c1-7-26(6,24(2,3)20-22(16,17)8(10,11)12)25(4,5)21-23(18,19)9(13,14)15/h7H,1H2,2-6H3. The van der Waals surface area contributed by atoms with Crippen molar-refractivity contribution in [1.29, 1.82) is 0 Å². The van der Waals surface area contributed by atoms with Gasteiger partial charge in [-0.25, -0.2) is 0 Å². The van der Waals surface area contributed by atoms with Crippen LogP contribution in [0.5, 0.6) is 0 Å². The molecule has 0 aromatic heterocycles. The molecule has 17 heteroatoms. The lowest BCUT2D eigenvalue weighted by Gasteiger charge is -2.45. The number of halogens is 6. The normalized spacial score (nSPS) is 15.8. The maximum Gasteiger partial charge on any atom is 0.522 e. The molecule has 0 radical (unpaired) electrons. The summed E-state index contributed by atoms with van der Waals surface area (Å²) < 4.78 is 130. The summed E-state index contributed by atoms with van der Waals surface area (Å²) in [5.41, 5.74) is -10.5. The molecule has 0 saturated heterocycles. The van der Waals surface area contributed by atoms with E-state index in [4.69, 9.17) is 0 Å². The van der Waals surface area contributed by atoms with Crippen molar-refractivity contribution in [3.8, 4) is 0 Å². The fourth-order valence-corrected chi connectivity index (χ4v) is 38.7. The monoisotopic (exact) mass is 484 g/mol. The zero-order chi connectivity index (χ0) is 21.6. The highest BCUT2D eigenvalue weighted by molar-refractivity contribution is 7.92. The van der Waals surface area contributed by atoms with E-state index >= 15 is 0 Å². The predicted octanol–water partition coefficient (Wildman–Crippen LogP) is 3.09. The minimum Gasteiger partial charge on any atom is -0.312 e. The SMILES string of the molecule is C=C[Si](C)([Si](C)(C)OS(=O)(=O)C(F)(F)F)[Si](C)(C)OS(=O)(=O)C(F)(F)F. The van der Waals surface area contributed by atoms with Gasteiger partial charge < -0.3 is 7.74 Å². The Labute approximate surface area is 150 Å². The minimum atomic E-state index is -6.04. The summed E-state index contributed by atoms with van der Waals surface area (Å²) in [6, 6.07) is 0. The van der Waals surface area contributed by atoms with Crippen LogP contribution in [-0.4, -0.2) is 50.6 Å². The van der Waals surface area contributed by atoms with Crippen molar-refractivity contribution in [1.82, 2.24) is 0 Å². The molecule has 0 saturated carbocycles. The van der Waals surface area contributed by atoms with E-state index in [2.05, 4.69) is 14.3 Å². The van der Waals surface area contributed by atoms with E-state index in [0.29, 0.717) is 0 Å². The quantitative estimate of drug-likeness (QED) is 0.314. The second kappa shape index (κ2) is 6.99. The molecule has 6 nitrogen and oxygen atoms in total. The van der Waals surface area contributed by atoms with Gasteiger partial charge in [-0.15, -0.1) is 12.3 Å². The van der Waals surface area contributed by atoms with Crippen molar-refractivity contribution in [3.63, 3.8) is 0 Å². The van der Waals surface area contributed by atoms with Crippen LogP contribution in [0, 0.1) is 0 Å². The predicted molar refractivity (Wildman–Crippen MR) is 88.9 cm³/mol. The first-order valence-electron chi connectivity index (χ1n) is 6.65. The molecule has 0 bridgehead atoms. The number of hydrogen-bond donors (Lipinski definition) is 0. The molecule has 0 heterocycles. The topological polar surface area (TPSA) is 86.7 Å². The van der Waals surface area contributed by atoms with Crippen LogP contribution in [0.3, 0.4) is 0 Å². The summed E-state index contributed by atoms with van der Waals surface area (Å²) in [5.74, 6) is 0. The fraction of sp³-hybridized carbons (Fsp3) is 0.778. The molecule has 156 valence electrons. The van der Waals surface area contributed by atoms with Crippen molar-refractivity contribution in [2.24, 2.45) is 0 Å². The lowest BCUT2D eigenvalue weighted by molar-refractivity contribution is -0.0505. The number of hydrogen-bond acceptors (Lipinski definition) is 6. The highest BCUT2D eigenvalue weighted by Gasteiger charge is 2.64. The third-order valence-corrected chi connectivity index (χ3v) is 44.7. The second-order valence-corrected chi connectivity index (χ2v) is 34.3. The lowest BCUT2D eigenvalue weighted by Crippen LogP contribution is -2.74. The van der Waals surface area contributed by atoms with Crippen LogP contribution >= 0.6 is 0 Å². The smallest absolute Gasteiger partial charge is 0.312 e. The van der Waals surface area contributed by atoms with E-state index in [1.54, 1.807) is 0 Å². The van der Waals surface area contributed by atoms with Crippen LogP contribution in [0.25, 0.3) is 0 Å². The Morgan fingerprint density at radius 2 is 0.962 bits per heavy atom. The van der Waals surface area contributed by atoms with E-state index < -0.39 is 54.0 Å². The zero-order valence-electron chi connectivity index (χ0n) is 14.3. The molecule has 0 spiro atoms. The second-order valence-electron chi connectivity index (χ2n) is 6.39. The van der Waals surface area contributed by atoms with Crippen LogP contribution < -0.4 is 0 Å². The van der Waals surface area contributed by atoms with Crippen LogP contribution in [0.4, 0.5) is 26.3 Å². The summed E-state index contributed by atoms with van der Waals surface area (Å²) in [6.07, 6.45) is 0. The Morgan fingerprint density at radius 1 is 0.731 bits per heavy atom. The van der Waals surface area contributed by atoms with Crippen molar-refractivity contribution in [3.05, 3.63) is 12.3 Å². The van der Waals surface area contributed by atoms with E-state index in [1.807, 2.05) is 0 Å².